The fourth-order valence-electron chi connectivity index (χ4n) is 4.24. The van der Waals surface area contributed by atoms with Crippen LogP contribution in [0.2, 0.25) is 0 Å². The summed E-state index contributed by atoms with van der Waals surface area (Å²) in [6.07, 6.45) is 1.42. The summed E-state index contributed by atoms with van der Waals surface area (Å²) in [5, 5.41) is 0. The van der Waals surface area contributed by atoms with Crippen molar-refractivity contribution in [2.45, 2.75) is 39.5 Å². The minimum Gasteiger partial charge on any atom is -0.497 e. The molecular formula is C20H24O4. The third-order valence-corrected chi connectivity index (χ3v) is 5.22. The Morgan fingerprint density at radius 3 is 2.79 bits per heavy atom. The molecule has 0 aromatic heterocycles. The highest BCUT2D eigenvalue weighted by Crippen LogP contribution is 2.52. The van der Waals surface area contributed by atoms with E-state index in [1.807, 2.05) is 19.1 Å². The summed E-state index contributed by atoms with van der Waals surface area (Å²) < 4.78 is 17.7. The van der Waals surface area contributed by atoms with E-state index in [-0.39, 0.29) is 23.0 Å². The van der Waals surface area contributed by atoms with Crippen molar-refractivity contribution in [1.82, 2.24) is 0 Å². The van der Waals surface area contributed by atoms with Gasteiger partial charge in [0.15, 0.2) is 17.3 Å². The number of para-hydroxylation sites is 1. The van der Waals surface area contributed by atoms with E-state index in [2.05, 4.69) is 19.9 Å². The maximum atomic E-state index is 12.9. The first-order valence-corrected chi connectivity index (χ1v) is 8.78. The Morgan fingerprint density at radius 2 is 2.00 bits per heavy atom. The maximum absolute atomic E-state index is 12.9. The second kappa shape index (κ2) is 5.54. The van der Waals surface area contributed by atoms with Crippen LogP contribution in [0, 0.1) is 11.3 Å². The third kappa shape index (κ3) is 2.40. The Morgan fingerprint density at radius 1 is 1.21 bits per heavy atom. The largest absolute Gasteiger partial charge is 0.497 e. The molecule has 0 radical (unpaired) electrons. The molecule has 0 unspecified atom stereocenters. The lowest BCUT2D eigenvalue weighted by atomic mass is 9.68. The number of carbonyl (C=O) groups is 1. The Labute approximate surface area is 142 Å². The van der Waals surface area contributed by atoms with Gasteiger partial charge in [-0.3, -0.25) is 4.79 Å². The van der Waals surface area contributed by atoms with Crippen molar-refractivity contribution in [3.8, 4) is 11.5 Å². The molecule has 0 bridgehead atoms. The Hall–Kier alpha value is -1.97. The van der Waals surface area contributed by atoms with Crippen molar-refractivity contribution in [3.63, 3.8) is 0 Å². The van der Waals surface area contributed by atoms with E-state index in [1.165, 1.54) is 0 Å². The lowest BCUT2D eigenvalue weighted by Crippen LogP contribution is -2.40. The minimum atomic E-state index is -0.0239. The van der Waals surface area contributed by atoms with Crippen molar-refractivity contribution >= 4 is 5.78 Å². The molecule has 0 spiro atoms. The zero-order valence-corrected chi connectivity index (χ0v) is 14.6. The molecular weight excluding hydrogens is 304 g/mol. The molecule has 3 aliphatic rings. The molecule has 0 fully saturated rings. The van der Waals surface area contributed by atoms with Crippen molar-refractivity contribution in [3.05, 3.63) is 35.1 Å². The van der Waals surface area contributed by atoms with Crippen LogP contribution < -0.4 is 9.47 Å². The molecule has 4 heteroatoms. The molecule has 2 heterocycles. The van der Waals surface area contributed by atoms with Gasteiger partial charge in [0, 0.05) is 35.8 Å². The number of Topliss-reactive ketones (excluding diaryl/α,β-unsaturated/α-hetero) is 1. The monoisotopic (exact) mass is 328 g/mol. The topological polar surface area (TPSA) is 44.8 Å². The van der Waals surface area contributed by atoms with Gasteiger partial charge in [-0.1, -0.05) is 26.0 Å². The summed E-state index contributed by atoms with van der Waals surface area (Å²) in [6, 6.07) is 5.99. The molecule has 0 amide bonds. The second-order valence-corrected chi connectivity index (χ2v) is 7.75. The zero-order valence-electron chi connectivity index (χ0n) is 14.6. The van der Waals surface area contributed by atoms with Gasteiger partial charge in [-0.15, -0.1) is 0 Å². The molecule has 128 valence electrons. The molecule has 2 atom stereocenters. The predicted molar refractivity (Wildman–Crippen MR) is 90.3 cm³/mol. The van der Waals surface area contributed by atoms with Crippen LogP contribution >= 0.6 is 0 Å². The highest BCUT2D eigenvalue weighted by atomic mass is 16.5. The molecule has 1 aromatic carbocycles. The van der Waals surface area contributed by atoms with Gasteiger partial charge >= 0.3 is 0 Å². The van der Waals surface area contributed by atoms with E-state index in [9.17, 15) is 4.79 Å². The normalized spacial score (nSPS) is 27.4. The lowest BCUT2D eigenvalue weighted by Gasteiger charge is -2.43. The van der Waals surface area contributed by atoms with E-state index in [1.54, 1.807) is 0 Å². The predicted octanol–water partition coefficient (Wildman–Crippen LogP) is 3.85. The molecule has 0 saturated heterocycles. The van der Waals surface area contributed by atoms with Crippen LogP contribution in [0.4, 0.5) is 0 Å². The number of ketones is 1. The molecule has 2 aliphatic heterocycles. The fraction of sp³-hybridized carbons (Fsp3) is 0.550. The average Bonchev–Trinajstić information content (AvgIpc) is 2.53. The van der Waals surface area contributed by atoms with Gasteiger partial charge in [0.25, 0.3) is 0 Å². The highest BCUT2D eigenvalue weighted by molar-refractivity contribution is 5.99. The minimum absolute atomic E-state index is 0.0239. The van der Waals surface area contributed by atoms with E-state index in [0.717, 1.165) is 34.8 Å². The van der Waals surface area contributed by atoms with Gasteiger partial charge in [-0.25, -0.2) is 0 Å². The van der Waals surface area contributed by atoms with E-state index >= 15 is 0 Å². The van der Waals surface area contributed by atoms with Crippen molar-refractivity contribution < 1.29 is 19.0 Å². The standard InChI is InChI=1S/C20H24O4/c1-4-22-15-7-5-6-13-17-12(11-24-19(13)15)10-23-16-9-20(2,3)8-14(21)18(16)17/h5-7,12,17H,4,8-11H2,1-3H3/t12-,17-/m1/s1. The van der Waals surface area contributed by atoms with Gasteiger partial charge in [-0.05, 0) is 18.4 Å². The van der Waals surface area contributed by atoms with Gasteiger partial charge in [0.2, 0.25) is 0 Å². The first-order valence-electron chi connectivity index (χ1n) is 8.78. The van der Waals surface area contributed by atoms with Gasteiger partial charge in [0.1, 0.15) is 5.76 Å². The highest BCUT2D eigenvalue weighted by Gasteiger charge is 2.46. The fourth-order valence-corrected chi connectivity index (χ4v) is 4.24. The number of ether oxygens (including phenoxy) is 3. The summed E-state index contributed by atoms with van der Waals surface area (Å²) in [5.74, 6) is 2.95. The average molecular weight is 328 g/mol. The maximum Gasteiger partial charge on any atom is 0.164 e. The smallest absolute Gasteiger partial charge is 0.164 e. The molecule has 0 N–H and O–H groups in total. The first-order chi connectivity index (χ1) is 11.5. The summed E-state index contributed by atoms with van der Waals surface area (Å²) in [4.78, 5) is 12.9. The van der Waals surface area contributed by atoms with Crippen molar-refractivity contribution in [2.24, 2.45) is 11.3 Å². The van der Waals surface area contributed by atoms with Crippen LogP contribution in [0.15, 0.2) is 29.5 Å². The van der Waals surface area contributed by atoms with Gasteiger partial charge in [-0.2, -0.15) is 0 Å². The first kappa shape index (κ1) is 15.6. The lowest BCUT2D eigenvalue weighted by molar-refractivity contribution is -0.120. The van der Waals surface area contributed by atoms with Crippen LogP contribution in [-0.2, 0) is 9.53 Å². The molecule has 4 nitrogen and oxygen atoms in total. The summed E-state index contributed by atoms with van der Waals surface area (Å²) >= 11 is 0. The second-order valence-electron chi connectivity index (χ2n) is 7.75. The van der Waals surface area contributed by atoms with Crippen LogP contribution in [0.25, 0.3) is 0 Å². The SMILES string of the molecule is CCOc1cccc2c1OC[C@H]1COC3=C(C(=O)CC(C)(C)C3)[C@@H]21. The van der Waals surface area contributed by atoms with Crippen LogP contribution in [-0.4, -0.2) is 25.6 Å². The summed E-state index contributed by atoms with van der Waals surface area (Å²) in [7, 11) is 0. The third-order valence-electron chi connectivity index (χ3n) is 5.22. The molecule has 4 rings (SSSR count). The van der Waals surface area contributed by atoms with Crippen molar-refractivity contribution in [1.29, 1.82) is 0 Å². The number of carbonyl (C=O) groups excluding carboxylic acids is 1. The van der Waals surface area contributed by atoms with E-state index < -0.39 is 0 Å². The molecule has 1 aromatic rings. The number of allylic oxidation sites excluding steroid dienone is 2. The van der Waals surface area contributed by atoms with Crippen LogP contribution in [0.3, 0.4) is 0 Å². The molecule has 24 heavy (non-hydrogen) atoms. The quantitative estimate of drug-likeness (QED) is 0.827. The number of hydrogen-bond acceptors (Lipinski definition) is 4. The summed E-state index contributed by atoms with van der Waals surface area (Å²) in [5.41, 5.74) is 1.93. The van der Waals surface area contributed by atoms with Gasteiger partial charge < -0.3 is 14.2 Å². The molecule has 1 aliphatic carbocycles. The van der Waals surface area contributed by atoms with Crippen LogP contribution in [0.1, 0.15) is 45.1 Å². The number of benzene rings is 1. The summed E-state index contributed by atoms with van der Waals surface area (Å²) in [6.45, 7) is 8.01. The van der Waals surface area contributed by atoms with Crippen LogP contribution in [0.5, 0.6) is 11.5 Å². The van der Waals surface area contributed by atoms with E-state index in [4.69, 9.17) is 14.2 Å². The Bertz CT molecular complexity index is 716. The zero-order chi connectivity index (χ0) is 16.9. The van der Waals surface area contributed by atoms with E-state index in [0.29, 0.717) is 26.2 Å². The van der Waals surface area contributed by atoms with Gasteiger partial charge in [0.05, 0.1) is 19.8 Å². The Balaban J connectivity index is 1.82. The van der Waals surface area contributed by atoms with Crippen molar-refractivity contribution in [2.75, 3.05) is 19.8 Å². The molecule has 0 saturated carbocycles. The number of hydrogen-bond donors (Lipinski definition) is 0. The number of rotatable bonds is 2. The number of fused-ring (bicyclic) bond motifs is 4. The Kier molecular flexibility index (Phi) is 3.59.